The first kappa shape index (κ1) is 11.4. The molecule has 0 atom stereocenters. The van der Waals surface area contributed by atoms with Crippen LogP contribution >= 0.6 is 0 Å². The van der Waals surface area contributed by atoms with Crippen molar-refractivity contribution in [2.75, 3.05) is 20.8 Å². The van der Waals surface area contributed by atoms with Gasteiger partial charge in [-0.2, -0.15) is 0 Å². The monoisotopic (exact) mass is 175 g/mol. The van der Waals surface area contributed by atoms with Crippen LogP contribution in [0.2, 0.25) is 0 Å². The fraction of sp³-hybridized carbons (Fsp3) is 0.875. The second-order valence-corrected chi connectivity index (χ2v) is 2.67. The van der Waals surface area contributed by atoms with Crippen molar-refractivity contribution in [2.45, 2.75) is 26.1 Å². The third-order valence-corrected chi connectivity index (χ3v) is 1.72. The van der Waals surface area contributed by atoms with Crippen LogP contribution in [0, 0.1) is 0 Å². The van der Waals surface area contributed by atoms with Crippen LogP contribution in [0.5, 0.6) is 0 Å². The molecule has 0 aromatic rings. The minimum atomic E-state index is -0.806. The standard InChI is InChI=1S/C8H17NO3/c1-5-9-7(10)6-8(2,11-3)12-4/h5-6H2,1-4H3,(H,9,10). The Balaban J connectivity index is 3.93. The fourth-order valence-electron chi connectivity index (χ4n) is 0.779. The number of hydrogen-bond donors (Lipinski definition) is 1. The SMILES string of the molecule is CCNC(=O)CC(C)(OC)OC. The Morgan fingerprint density at radius 3 is 2.25 bits per heavy atom. The quantitative estimate of drug-likeness (QED) is 0.620. The lowest BCUT2D eigenvalue weighted by molar-refractivity contribution is -0.198. The number of rotatable bonds is 5. The van der Waals surface area contributed by atoms with Crippen molar-refractivity contribution in [3.8, 4) is 0 Å². The summed E-state index contributed by atoms with van der Waals surface area (Å²) < 4.78 is 10.0. The molecular weight excluding hydrogens is 158 g/mol. The van der Waals surface area contributed by atoms with Crippen LogP contribution in [0.4, 0.5) is 0 Å². The van der Waals surface area contributed by atoms with Gasteiger partial charge in [-0.05, 0) is 13.8 Å². The van der Waals surface area contributed by atoms with E-state index in [2.05, 4.69) is 5.32 Å². The van der Waals surface area contributed by atoms with E-state index in [0.29, 0.717) is 6.54 Å². The van der Waals surface area contributed by atoms with E-state index in [1.165, 1.54) is 14.2 Å². The molecule has 4 nitrogen and oxygen atoms in total. The normalized spacial score (nSPS) is 11.3. The van der Waals surface area contributed by atoms with Gasteiger partial charge in [0.25, 0.3) is 0 Å². The highest BCUT2D eigenvalue weighted by Gasteiger charge is 2.25. The Kier molecular flexibility index (Phi) is 4.85. The summed E-state index contributed by atoms with van der Waals surface area (Å²) in [6, 6.07) is 0. The molecule has 1 amide bonds. The maximum atomic E-state index is 11.1. The average molecular weight is 175 g/mol. The van der Waals surface area contributed by atoms with Crippen molar-refractivity contribution in [3.05, 3.63) is 0 Å². The van der Waals surface area contributed by atoms with Gasteiger partial charge < -0.3 is 14.8 Å². The Bertz CT molecular complexity index is 143. The molecule has 0 rings (SSSR count). The van der Waals surface area contributed by atoms with E-state index in [1.807, 2.05) is 6.92 Å². The predicted octanol–water partition coefficient (Wildman–Crippen LogP) is 0.522. The van der Waals surface area contributed by atoms with Gasteiger partial charge in [-0.3, -0.25) is 4.79 Å². The zero-order valence-corrected chi connectivity index (χ0v) is 8.14. The molecule has 0 aliphatic carbocycles. The van der Waals surface area contributed by atoms with E-state index in [0.717, 1.165) is 0 Å². The van der Waals surface area contributed by atoms with Gasteiger partial charge >= 0.3 is 0 Å². The first-order valence-electron chi connectivity index (χ1n) is 3.95. The summed E-state index contributed by atoms with van der Waals surface area (Å²) in [4.78, 5) is 11.1. The van der Waals surface area contributed by atoms with Crippen LogP contribution in [0.3, 0.4) is 0 Å². The molecule has 12 heavy (non-hydrogen) atoms. The summed E-state index contributed by atoms with van der Waals surface area (Å²) in [5.74, 6) is -0.872. The van der Waals surface area contributed by atoms with Gasteiger partial charge in [0.15, 0.2) is 5.79 Å². The maximum Gasteiger partial charge on any atom is 0.225 e. The highest BCUT2D eigenvalue weighted by atomic mass is 16.7. The molecule has 0 saturated heterocycles. The van der Waals surface area contributed by atoms with Crippen molar-refractivity contribution in [3.63, 3.8) is 0 Å². The molecule has 0 radical (unpaired) electrons. The van der Waals surface area contributed by atoms with Crippen LogP contribution in [0.1, 0.15) is 20.3 Å². The van der Waals surface area contributed by atoms with Gasteiger partial charge in [-0.25, -0.2) is 0 Å². The van der Waals surface area contributed by atoms with E-state index in [9.17, 15) is 4.79 Å². The summed E-state index contributed by atoms with van der Waals surface area (Å²) in [7, 11) is 3.03. The number of hydrogen-bond acceptors (Lipinski definition) is 3. The predicted molar refractivity (Wildman–Crippen MR) is 45.7 cm³/mol. The molecule has 0 unspecified atom stereocenters. The topological polar surface area (TPSA) is 47.6 Å². The summed E-state index contributed by atoms with van der Waals surface area (Å²) in [6.07, 6.45) is 0.216. The van der Waals surface area contributed by atoms with Crippen molar-refractivity contribution < 1.29 is 14.3 Å². The van der Waals surface area contributed by atoms with Gasteiger partial charge in [-0.1, -0.05) is 0 Å². The number of nitrogens with one attached hydrogen (secondary N) is 1. The summed E-state index contributed by atoms with van der Waals surface area (Å²) in [6.45, 7) is 4.22. The molecule has 0 fully saturated rings. The second kappa shape index (κ2) is 5.11. The zero-order chi connectivity index (χ0) is 9.61. The van der Waals surface area contributed by atoms with Gasteiger partial charge in [0.1, 0.15) is 0 Å². The number of carbonyl (C=O) groups excluding carboxylic acids is 1. The van der Waals surface area contributed by atoms with Crippen molar-refractivity contribution in [1.29, 1.82) is 0 Å². The maximum absolute atomic E-state index is 11.1. The van der Waals surface area contributed by atoms with Crippen molar-refractivity contribution >= 4 is 5.91 Å². The molecule has 0 heterocycles. The fourth-order valence-corrected chi connectivity index (χ4v) is 0.779. The molecule has 0 aliphatic heterocycles. The number of methoxy groups -OCH3 is 2. The second-order valence-electron chi connectivity index (χ2n) is 2.67. The Labute approximate surface area is 73.2 Å². The molecule has 72 valence electrons. The minimum Gasteiger partial charge on any atom is -0.356 e. The third kappa shape index (κ3) is 3.69. The van der Waals surface area contributed by atoms with Crippen molar-refractivity contribution in [1.82, 2.24) is 5.32 Å². The Morgan fingerprint density at radius 1 is 1.42 bits per heavy atom. The van der Waals surface area contributed by atoms with Crippen LogP contribution in [0.25, 0.3) is 0 Å². The van der Waals surface area contributed by atoms with E-state index in [4.69, 9.17) is 9.47 Å². The highest BCUT2D eigenvalue weighted by molar-refractivity contribution is 5.76. The zero-order valence-electron chi connectivity index (χ0n) is 8.14. The Hall–Kier alpha value is -0.610. The lowest BCUT2D eigenvalue weighted by Gasteiger charge is -2.25. The average Bonchev–Trinajstić information content (AvgIpc) is 2.05. The molecular formula is C8H17NO3. The lowest BCUT2D eigenvalue weighted by atomic mass is 10.2. The van der Waals surface area contributed by atoms with Gasteiger partial charge in [0.2, 0.25) is 5.91 Å². The number of carbonyl (C=O) groups is 1. The smallest absolute Gasteiger partial charge is 0.225 e. The number of ether oxygens (including phenoxy) is 2. The Morgan fingerprint density at radius 2 is 1.92 bits per heavy atom. The molecule has 0 aromatic heterocycles. The molecule has 0 bridgehead atoms. The molecule has 1 N–H and O–H groups in total. The lowest BCUT2D eigenvalue weighted by Crippen LogP contribution is -2.37. The molecule has 0 spiro atoms. The van der Waals surface area contributed by atoms with Gasteiger partial charge in [0.05, 0.1) is 6.42 Å². The summed E-state index contributed by atoms with van der Waals surface area (Å²) in [5.41, 5.74) is 0. The van der Waals surface area contributed by atoms with Crippen LogP contribution < -0.4 is 5.32 Å². The van der Waals surface area contributed by atoms with E-state index in [-0.39, 0.29) is 12.3 Å². The van der Waals surface area contributed by atoms with Gasteiger partial charge in [-0.15, -0.1) is 0 Å². The first-order chi connectivity index (χ1) is 5.58. The minimum absolute atomic E-state index is 0.0660. The first-order valence-corrected chi connectivity index (χ1v) is 3.95. The summed E-state index contributed by atoms with van der Waals surface area (Å²) in [5, 5.41) is 2.67. The molecule has 0 saturated carbocycles. The molecule has 0 aromatic carbocycles. The van der Waals surface area contributed by atoms with E-state index < -0.39 is 5.79 Å². The number of amides is 1. The molecule has 4 heteroatoms. The highest BCUT2D eigenvalue weighted by Crippen LogP contribution is 2.14. The van der Waals surface area contributed by atoms with Crippen molar-refractivity contribution in [2.24, 2.45) is 0 Å². The van der Waals surface area contributed by atoms with E-state index >= 15 is 0 Å². The van der Waals surface area contributed by atoms with E-state index in [1.54, 1.807) is 6.92 Å². The largest absolute Gasteiger partial charge is 0.356 e. The van der Waals surface area contributed by atoms with Crippen LogP contribution in [-0.4, -0.2) is 32.5 Å². The van der Waals surface area contributed by atoms with Gasteiger partial charge in [0, 0.05) is 20.8 Å². The van der Waals surface area contributed by atoms with Crippen LogP contribution in [-0.2, 0) is 14.3 Å². The van der Waals surface area contributed by atoms with Crippen LogP contribution in [0.15, 0.2) is 0 Å². The summed E-state index contributed by atoms with van der Waals surface area (Å²) >= 11 is 0. The molecule has 0 aliphatic rings. The third-order valence-electron chi connectivity index (χ3n) is 1.72.